The molecule has 1 aromatic carbocycles. The summed E-state index contributed by atoms with van der Waals surface area (Å²) >= 11 is 1.37. The monoisotopic (exact) mass is 343 g/mol. The second-order valence-corrected chi connectivity index (χ2v) is 6.25. The second-order valence-electron chi connectivity index (χ2n) is 5.22. The Labute approximate surface area is 143 Å². The zero-order valence-electron chi connectivity index (χ0n) is 13.6. The average molecular weight is 343 g/mol. The lowest BCUT2D eigenvalue weighted by molar-refractivity contribution is 0.0784. The van der Waals surface area contributed by atoms with Gasteiger partial charge in [0.25, 0.3) is 5.91 Å². The Hall–Kier alpha value is -2.74. The molecule has 0 spiro atoms. The highest BCUT2D eigenvalue weighted by Gasteiger charge is 2.17. The number of nitrogens with zero attached hydrogens (tertiary/aromatic N) is 5. The molecule has 1 amide bonds. The van der Waals surface area contributed by atoms with Gasteiger partial charge in [0.15, 0.2) is 0 Å². The van der Waals surface area contributed by atoms with E-state index in [-0.39, 0.29) is 5.91 Å². The summed E-state index contributed by atoms with van der Waals surface area (Å²) in [5.74, 6) is 1.43. The summed E-state index contributed by atoms with van der Waals surface area (Å²) in [5.41, 5.74) is 0.954. The molecule has 3 rings (SSSR count). The molecule has 0 unspecified atom stereocenters. The quantitative estimate of drug-likeness (QED) is 0.710. The maximum atomic E-state index is 12.5. The van der Waals surface area contributed by atoms with E-state index in [2.05, 4.69) is 15.1 Å². The van der Waals surface area contributed by atoms with Gasteiger partial charge in [-0.25, -0.2) is 9.97 Å². The topological polar surface area (TPSA) is 73.1 Å². The van der Waals surface area contributed by atoms with Crippen LogP contribution in [-0.2, 0) is 13.6 Å². The van der Waals surface area contributed by atoms with Crippen LogP contribution in [0.25, 0.3) is 10.6 Å². The average Bonchev–Trinajstić information content (AvgIpc) is 3.24. The van der Waals surface area contributed by atoms with Crippen LogP contribution in [0.2, 0.25) is 0 Å². The summed E-state index contributed by atoms with van der Waals surface area (Å²) in [4.78, 5) is 23.2. The molecule has 8 heteroatoms. The number of carbonyl (C=O) groups excluding carboxylic acids is 1. The lowest BCUT2D eigenvalue weighted by Crippen LogP contribution is -2.26. The fraction of sp³-hybridized carbons (Fsp3) is 0.250. The first-order valence-electron chi connectivity index (χ1n) is 7.27. The largest absolute Gasteiger partial charge is 0.497 e. The number of hydrogen-bond acceptors (Lipinski definition) is 6. The lowest BCUT2D eigenvalue weighted by Gasteiger charge is -2.14. The van der Waals surface area contributed by atoms with Gasteiger partial charge in [-0.1, -0.05) is 0 Å². The number of rotatable bonds is 5. The Morgan fingerprint density at radius 1 is 1.29 bits per heavy atom. The van der Waals surface area contributed by atoms with Crippen LogP contribution in [-0.4, -0.2) is 44.7 Å². The molecule has 0 fully saturated rings. The van der Waals surface area contributed by atoms with Crippen LogP contribution in [0.5, 0.6) is 5.75 Å². The molecule has 0 saturated heterocycles. The molecule has 0 aliphatic carbocycles. The first kappa shape index (κ1) is 16.1. The molecule has 2 aromatic heterocycles. The van der Waals surface area contributed by atoms with Crippen molar-refractivity contribution in [2.75, 3.05) is 14.2 Å². The molecule has 2 heterocycles. The standard InChI is InChI=1S/C16H17N5O2S/c1-20(9-14-18-10-19-21(14)2)16(22)13-8-17-15(24-13)11-4-6-12(23-3)7-5-11/h4-8,10H,9H2,1-3H3. The molecule has 0 bridgehead atoms. The molecule has 7 nitrogen and oxygen atoms in total. The number of benzene rings is 1. The SMILES string of the molecule is COc1ccc(-c2ncc(C(=O)N(C)Cc3ncnn3C)s2)cc1. The number of aryl methyl sites for hydroxylation is 1. The number of amides is 1. The third-order valence-electron chi connectivity index (χ3n) is 3.58. The minimum Gasteiger partial charge on any atom is -0.497 e. The number of aromatic nitrogens is 4. The van der Waals surface area contributed by atoms with Crippen molar-refractivity contribution in [3.05, 3.63) is 47.5 Å². The predicted molar refractivity (Wildman–Crippen MR) is 90.9 cm³/mol. The number of carbonyl (C=O) groups is 1. The van der Waals surface area contributed by atoms with Crippen molar-refractivity contribution >= 4 is 17.2 Å². The smallest absolute Gasteiger partial charge is 0.265 e. The van der Waals surface area contributed by atoms with E-state index in [1.54, 1.807) is 37.0 Å². The van der Waals surface area contributed by atoms with Gasteiger partial charge in [0.1, 0.15) is 27.8 Å². The van der Waals surface area contributed by atoms with Gasteiger partial charge in [0.05, 0.1) is 19.9 Å². The van der Waals surface area contributed by atoms with Gasteiger partial charge in [-0.3, -0.25) is 9.48 Å². The molecular weight excluding hydrogens is 326 g/mol. The molecule has 0 atom stereocenters. The first-order valence-corrected chi connectivity index (χ1v) is 8.08. The number of thiazole rings is 1. The predicted octanol–water partition coefficient (Wildman–Crippen LogP) is 2.22. The van der Waals surface area contributed by atoms with Gasteiger partial charge in [-0.05, 0) is 24.3 Å². The summed E-state index contributed by atoms with van der Waals surface area (Å²) < 4.78 is 6.80. The molecule has 0 aliphatic heterocycles. The zero-order chi connectivity index (χ0) is 17.1. The van der Waals surface area contributed by atoms with E-state index < -0.39 is 0 Å². The summed E-state index contributed by atoms with van der Waals surface area (Å²) in [6.07, 6.45) is 3.09. The third-order valence-corrected chi connectivity index (χ3v) is 4.62. The van der Waals surface area contributed by atoms with Crippen LogP contribution in [0.1, 0.15) is 15.5 Å². The normalized spacial score (nSPS) is 10.6. The Kier molecular flexibility index (Phi) is 4.57. The van der Waals surface area contributed by atoms with E-state index >= 15 is 0 Å². The number of hydrogen-bond donors (Lipinski definition) is 0. The molecule has 0 saturated carbocycles. The summed E-state index contributed by atoms with van der Waals surface area (Å²) in [5, 5.41) is 4.81. The molecule has 0 aliphatic rings. The summed E-state index contributed by atoms with van der Waals surface area (Å²) in [6, 6.07) is 7.60. The first-order chi connectivity index (χ1) is 11.6. The molecule has 0 N–H and O–H groups in total. The highest BCUT2D eigenvalue weighted by molar-refractivity contribution is 7.16. The van der Waals surface area contributed by atoms with E-state index in [0.717, 1.165) is 22.1 Å². The highest BCUT2D eigenvalue weighted by Crippen LogP contribution is 2.27. The fourth-order valence-corrected chi connectivity index (χ4v) is 3.09. The summed E-state index contributed by atoms with van der Waals surface area (Å²) in [6.45, 7) is 0.394. The van der Waals surface area contributed by atoms with E-state index in [1.807, 2.05) is 24.3 Å². The minimum absolute atomic E-state index is 0.0877. The van der Waals surface area contributed by atoms with Crippen molar-refractivity contribution in [3.8, 4) is 16.3 Å². The zero-order valence-corrected chi connectivity index (χ0v) is 14.4. The van der Waals surface area contributed by atoms with E-state index in [1.165, 1.54) is 17.7 Å². The van der Waals surface area contributed by atoms with Crippen LogP contribution >= 0.6 is 11.3 Å². The van der Waals surface area contributed by atoms with Gasteiger partial charge in [-0.2, -0.15) is 5.10 Å². The minimum atomic E-state index is -0.0877. The highest BCUT2D eigenvalue weighted by atomic mass is 32.1. The molecule has 0 radical (unpaired) electrons. The van der Waals surface area contributed by atoms with Gasteiger partial charge < -0.3 is 9.64 Å². The van der Waals surface area contributed by atoms with E-state index in [4.69, 9.17) is 4.74 Å². The maximum Gasteiger partial charge on any atom is 0.265 e. The summed E-state index contributed by atoms with van der Waals surface area (Å²) in [7, 11) is 5.17. The van der Waals surface area contributed by atoms with Crippen molar-refractivity contribution in [1.29, 1.82) is 0 Å². The Balaban J connectivity index is 1.74. The van der Waals surface area contributed by atoms with Crippen LogP contribution in [0.4, 0.5) is 0 Å². The van der Waals surface area contributed by atoms with Gasteiger partial charge in [-0.15, -0.1) is 11.3 Å². The molecule has 124 valence electrons. The molecule has 3 aromatic rings. The lowest BCUT2D eigenvalue weighted by atomic mass is 10.2. The van der Waals surface area contributed by atoms with Gasteiger partial charge >= 0.3 is 0 Å². The second kappa shape index (κ2) is 6.79. The van der Waals surface area contributed by atoms with Crippen molar-refractivity contribution in [2.24, 2.45) is 7.05 Å². The fourth-order valence-electron chi connectivity index (χ4n) is 2.18. The van der Waals surface area contributed by atoms with Crippen LogP contribution in [0.15, 0.2) is 36.8 Å². The maximum absolute atomic E-state index is 12.5. The van der Waals surface area contributed by atoms with Crippen LogP contribution in [0.3, 0.4) is 0 Å². The van der Waals surface area contributed by atoms with Crippen molar-refractivity contribution in [1.82, 2.24) is 24.6 Å². The number of ether oxygens (including phenoxy) is 1. The molecular formula is C16H17N5O2S. The van der Waals surface area contributed by atoms with E-state index in [9.17, 15) is 4.79 Å². The van der Waals surface area contributed by atoms with Gasteiger partial charge in [0, 0.05) is 19.7 Å². The van der Waals surface area contributed by atoms with Gasteiger partial charge in [0.2, 0.25) is 0 Å². The van der Waals surface area contributed by atoms with Crippen LogP contribution in [0, 0.1) is 0 Å². The van der Waals surface area contributed by atoms with Crippen molar-refractivity contribution in [2.45, 2.75) is 6.54 Å². The van der Waals surface area contributed by atoms with Crippen LogP contribution < -0.4 is 4.74 Å². The Bertz CT molecular complexity index is 840. The Morgan fingerprint density at radius 3 is 2.67 bits per heavy atom. The van der Waals surface area contributed by atoms with Crippen molar-refractivity contribution < 1.29 is 9.53 Å². The Morgan fingerprint density at radius 2 is 2.04 bits per heavy atom. The number of methoxy groups -OCH3 is 1. The van der Waals surface area contributed by atoms with E-state index in [0.29, 0.717) is 11.4 Å². The van der Waals surface area contributed by atoms with Crippen molar-refractivity contribution in [3.63, 3.8) is 0 Å². The third kappa shape index (κ3) is 3.28. The molecule has 24 heavy (non-hydrogen) atoms.